The molecule has 2 fully saturated rings. The van der Waals surface area contributed by atoms with Crippen LogP contribution in [0.5, 0.6) is 0 Å². The summed E-state index contributed by atoms with van der Waals surface area (Å²) in [5.41, 5.74) is -0.192. The lowest BCUT2D eigenvalue weighted by Crippen LogP contribution is -2.48. The van der Waals surface area contributed by atoms with Crippen LogP contribution in [-0.2, 0) is 15.1 Å². The molecule has 27 heavy (non-hydrogen) atoms. The molecule has 0 saturated carbocycles. The molecule has 142 valence electrons. The topological polar surface area (TPSA) is 93.5 Å². The lowest BCUT2D eigenvalue weighted by atomic mass is 9.91. The molecule has 7 heteroatoms. The van der Waals surface area contributed by atoms with Crippen molar-refractivity contribution < 1.29 is 14.4 Å². The molecule has 2 aliphatic rings. The van der Waals surface area contributed by atoms with Crippen molar-refractivity contribution in [1.29, 1.82) is 5.26 Å². The molecule has 0 spiro atoms. The van der Waals surface area contributed by atoms with Crippen LogP contribution in [0.15, 0.2) is 24.3 Å². The van der Waals surface area contributed by atoms with Crippen molar-refractivity contribution in [2.24, 2.45) is 11.8 Å². The minimum Gasteiger partial charge on any atom is -0.341 e. The summed E-state index contributed by atoms with van der Waals surface area (Å²) in [4.78, 5) is 40.8. The number of hydrogen-bond donors (Lipinski definition) is 1. The predicted octanol–water partition coefficient (Wildman–Crippen LogP) is 1.83. The molecule has 1 N–H and O–H groups in total. The summed E-state index contributed by atoms with van der Waals surface area (Å²) in [6.45, 7) is 6.87. The van der Waals surface area contributed by atoms with Crippen molar-refractivity contribution in [2.45, 2.75) is 32.7 Å². The summed E-state index contributed by atoms with van der Waals surface area (Å²) in [5.74, 6) is 0.152. The number of urea groups is 1. The van der Waals surface area contributed by atoms with E-state index < -0.39 is 17.5 Å². The summed E-state index contributed by atoms with van der Waals surface area (Å²) in [6, 6.07) is 7.95. The minimum absolute atomic E-state index is 0.207. The van der Waals surface area contributed by atoms with Gasteiger partial charge in [-0.25, -0.2) is 4.79 Å². The summed E-state index contributed by atoms with van der Waals surface area (Å²) in [5, 5.41) is 11.6. The quantitative estimate of drug-likeness (QED) is 0.824. The average Bonchev–Trinajstić information content (AvgIpc) is 2.85. The maximum Gasteiger partial charge on any atom is 0.325 e. The smallest absolute Gasteiger partial charge is 0.325 e. The molecule has 0 radical (unpaired) electrons. The molecule has 0 aromatic heterocycles. The van der Waals surface area contributed by atoms with Gasteiger partial charge < -0.3 is 10.2 Å². The fourth-order valence-corrected chi connectivity index (χ4v) is 4.02. The molecule has 7 nitrogen and oxygen atoms in total. The van der Waals surface area contributed by atoms with Crippen LogP contribution in [-0.4, -0.2) is 47.3 Å². The molecule has 1 aromatic rings. The van der Waals surface area contributed by atoms with E-state index in [4.69, 9.17) is 5.26 Å². The number of likely N-dealkylation sites (tertiary alicyclic amines) is 1. The number of nitrogens with one attached hydrogen (secondary N) is 1. The first-order valence-corrected chi connectivity index (χ1v) is 9.17. The molecule has 2 saturated heterocycles. The summed E-state index contributed by atoms with van der Waals surface area (Å²) < 4.78 is 0. The number of piperidine rings is 1. The Kier molecular flexibility index (Phi) is 4.92. The molecular weight excluding hydrogens is 344 g/mol. The third kappa shape index (κ3) is 3.52. The van der Waals surface area contributed by atoms with Crippen molar-refractivity contribution in [3.63, 3.8) is 0 Å². The van der Waals surface area contributed by atoms with Gasteiger partial charge in [-0.15, -0.1) is 0 Å². The largest absolute Gasteiger partial charge is 0.341 e. The van der Waals surface area contributed by atoms with Gasteiger partial charge in [0.2, 0.25) is 5.91 Å². The Morgan fingerprint density at radius 1 is 1.22 bits per heavy atom. The second-order valence-corrected chi connectivity index (χ2v) is 7.88. The van der Waals surface area contributed by atoms with Gasteiger partial charge in [-0.2, -0.15) is 5.26 Å². The van der Waals surface area contributed by atoms with E-state index in [1.165, 1.54) is 0 Å². The minimum atomic E-state index is -1.24. The molecule has 1 aromatic carbocycles. The zero-order valence-electron chi connectivity index (χ0n) is 15.9. The first-order valence-electron chi connectivity index (χ1n) is 9.17. The highest BCUT2D eigenvalue weighted by Crippen LogP contribution is 2.29. The summed E-state index contributed by atoms with van der Waals surface area (Å²) in [6.07, 6.45) is 1.07. The maximum absolute atomic E-state index is 12.9. The van der Waals surface area contributed by atoms with Crippen LogP contribution in [0.25, 0.3) is 0 Å². The Bertz CT molecular complexity index is 804. The molecule has 3 atom stereocenters. The first kappa shape index (κ1) is 18.9. The molecule has 0 aliphatic carbocycles. The van der Waals surface area contributed by atoms with Crippen molar-refractivity contribution >= 4 is 17.8 Å². The average molecular weight is 368 g/mol. The molecule has 2 aliphatic heterocycles. The van der Waals surface area contributed by atoms with E-state index in [-0.39, 0.29) is 12.5 Å². The number of amides is 4. The second-order valence-electron chi connectivity index (χ2n) is 7.88. The van der Waals surface area contributed by atoms with E-state index in [2.05, 4.69) is 19.2 Å². The summed E-state index contributed by atoms with van der Waals surface area (Å²) >= 11 is 0. The molecule has 4 amide bonds. The van der Waals surface area contributed by atoms with E-state index in [1.54, 1.807) is 36.1 Å². The van der Waals surface area contributed by atoms with Crippen LogP contribution in [0.3, 0.4) is 0 Å². The lowest BCUT2D eigenvalue weighted by Gasteiger charge is -2.35. The highest BCUT2D eigenvalue weighted by Gasteiger charge is 2.49. The van der Waals surface area contributed by atoms with Crippen LogP contribution < -0.4 is 5.32 Å². The fraction of sp³-hybridized carbons (Fsp3) is 0.500. The van der Waals surface area contributed by atoms with E-state index in [0.29, 0.717) is 36.1 Å². The van der Waals surface area contributed by atoms with Crippen LogP contribution in [0.1, 0.15) is 38.3 Å². The van der Waals surface area contributed by atoms with E-state index in [1.807, 2.05) is 6.07 Å². The monoisotopic (exact) mass is 368 g/mol. The van der Waals surface area contributed by atoms with Gasteiger partial charge in [0, 0.05) is 13.1 Å². The Labute approximate surface area is 158 Å². The summed E-state index contributed by atoms with van der Waals surface area (Å²) in [7, 11) is 0. The SMILES string of the molecule is C[C@@H]1C[C@@H](C)CN(C(=O)CN2C(=O)N[C@@](C)(c3ccc(C#N)cc3)C2=O)C1. The van der Waals surface area contributed by atoms with Gasteiger partial charge in [-0.3, -0.25) is 14.5 Å². The Morgan fingerprint density at radius 2 is 1.81 bits per heavy atom. The number of nitriles is 1. The van der Waals surface area contributed by atoms with Crippen molar-refractivity contribution in [1.82, 2.24) is 15.1 Å². The standard InChI is InChI=1S/C20H24N4O3/c1-13-8-14(2)11-23(10-13)17(25)12-24-18(26)20(3,22-19(24)27)16-6-4-15(9-21)5-7-16/h4-7,13-14H,8,10-12H2,1-3H3,(H,22,27)/t13-,14-,20+/m1/s1. The number of rotatable bonds is 3. The molecule has 2 heterocycles. The molecule has 3 rings (SSSR count). The van der Waals surface area contributed by atoms with E-state index in [0.717, 1.165) is 11.3 Å². The van der Waals surface area contributed by atoms with Crippen LogP contribution in [0.4, 0.5) is 4.79 Å². The van der Waals surface area contributed by atoms with E-state index in [9.17, 15) is 14.4 Å². The van der Waals surface area contributed by atoms with Crippen LogP contribution >= 0.6 is 0 Å². The highest BCUT2D eigenvalue weighted by molar-refractivity contribution is 6.09. The van der Waals surface area contributed by atoms with Gasteiger partial charge >= 0.3 is 6.03 Å². The Balaban J connectivity index is 1.75. The van der Waals surface area contributed by atoms with E-state index >= 15 is 0 Å². The van der Waals surface area contributed by atoms with Gasteiger partial charge in [0.05, 0.1) is 11.6 Å². The number of benzene rings is 1. The van der Waals surface area contributed by atoms with Crippen molar-refractivity contribution in [3.05, 3.63) is 35.4 Å². The van der Waals surface area contributed by atoms with Crippen molar-refractivity contribution in [2.75, 3.05) is 19.6 Å². The normalized spacial score (nSPS) is 28.1. The molecular formula is C20H24N4O3. The van der Waals surface area contributed by atoms with Crippen molar-refractivity contribution in [3.8, 4) is 6.07 Å². The third-order valence-corrected chi connectivity index (χ3v) is 5.38. The Morgan fingerprint density at radius 3 is 2.37 bits per heavy atom. The fourth-order valence-electron chi connectivity index (χ4n) is 4.02. The second kappa shape index (κ2) is 7.03. The number of nitrogens with zero attached hydrogens (tertiary/aromatic N) is 3. The maximum atomic E-state index is 12.9. The number of carbonyl (C=O) groups is 3. The van der Waals surface area contributed by atoms with Gasteiger partial charge in [-0.1, -0.05) is 26.0 Å². The number of imide groups is 1. The van der Waals surface area contributed by atoms with Gasteiger partial charge in [0.15, 0.2) is 0 Å². The highest BCUT2D eigenvalue weighted by atomic mass is 16.2. The lowest BCUT2D eigenvalue weighted by molar-refractivity contribution is -0.140. The number of carbonyl (C=O) groups excluding carboxylic acids is 3. The van der Waals surface area contributed by atoms with Gasteiger partial charge in [0.1, 0.15) is 12.1 Å². The zero-order chi connectivity index (χ0) is 19.8. The molecule has 0 bridgehead atoms. The third-order valence-electron chi connectivity index (χ3n) is 5.38. The first-order chi connectivity index (χ1) is 12.7. The predicted molar refractivity (Wildman–Crippen MR) is 98.3 cm³/mol. The van der Waals surface area contributed by atoms with Gasteiger partial charge in [-0.05, 0) is 42.9 Å². The number of hydrogen-bond acceptors (Lipinski definition) is 4. The van der Waals surface area contributed by atoms with Crippen LogP contribution in [0, 0.1) is 23.2 Å². The molecule has 0 unspecified atom stereocenters. The van der Waals surface area contributed by atoms with Crippen LogP contribution in [0.2, 0.25) is 0 Å². The zero-order valence-corrected chi connectivity index (χ0v) is 15.9. The van der Waals surface area contributed by atoms with Gasteiger partial charge in [0.25, 0.3) is 5.91 Å². The Hall–Kier alpha value is -2.88.